The minimum Gasteiger partial charge on any atom is -0.391 e. The van der Waals surface area contributed by atoms with Crippen LogP contribution in [0.3, 0.4) is 0 Å². The normalized spacial score (nSPS) is 19.4. The van der Waals surface area contributed by atoms with Crippen molar-refractivity contribution in [2.45, 2.75) is 38.0 Å². The minimum absolute atomic E-state index is 0.0991. The number of hydrogen-bond donors (Lipinski definition) is 4. The van der Waals surface area contributed by atoms with Gasteiger partial charge in [-0.1, -0.05) is 13.3 Å². The fourth-order valence-electron chi connectivity index (χ4n) is 0.902. The first-order valence-electron chi connectivity index (χ1n) is 3.95. The summed E-state index contributed by atoms with van der Waals surface area (Å²) in [6.07, 6.45) is 0.0276. The molecule has 4 nitrogen and oxygen atoms in total. The molecule has 0 aromatic heterocycles. The Bertz CT molecular complexity index is 100. The van der Waals surface area contributed by atoms with E-state index in [0.717, 1.165) is 6.42 Å². The molecule has 0 saturated carbocycles. The number of nitrogens with two attached hydrogens (primary N) is 2. The first kappa shape index (κ1) is 10.8. The molecule has 6 N–H and O–H groups in total. The van der Waals surface area contributed by atoms with Crippen molar-refractivity contribution >= 4 is 0 Å². The second-order valence-corrected chi connectivity index (χ2v) is 2.74. The second kappa shape index (κ2) is 5.49. The van der Waals surface area contributed by atoms with Crippen molar-refractivity contribution in [2.24, 2.45) is 11.5 Å². The highest BCUT2D eigenvalue weighted by molar-refractivity contribution is 4.79. The summed E-state index contributed by atoms with van der Waals surface area (Å²) >= 11 is 0. The summed E-state index contributed by atoms with van der Waals surface area (Å²) in [6, 6.07) is -0.611. The molecule has 68 valence electrons. The van der Waals surface area contributed by atoms with Gasteiger partial charge in [0.15, 0.2) is 0 Å². The van der Waals surface area contributed by atoms with Crippen LogP contribution >= 0.6 is 0 Å². The van der Waals surface area contributed by atoms with Crippen LogP contribution in [-0.2, 0) is 0 Å². The monoisotopic (exact) mass is 162 g/mol. The van der Waals surface area contributed by atoms with Gasteiger partial charge in [0.05, 0.1) is 18.2 Å². The largest absolute Gasteiger partial charge is 0.391 e. The van der Waals surface area contributed by atoms with Crippen LogP contribution in [0.5, 0.6) is 0 Å². The molecule has 0 aliphatic heterocycles. The molecule has 3 atom stereocenters. The number of aliphatic hydroxyl groups is 2. The van der Waals surface area contributed by atoms with Gasteiger partial charge < -0.3 is 21.7 Å². The molecule has 0 aliphatic rings. The predicted molar refractivity (Wildman–Crippen MR) is 44.0 cm³/mol. The maximum atomic E-state index is 9.28. The lowest BCUT2D eigenvalue weighted by atomic mass is 10.0. The van der Waals surface area contributed by atoms with Gasteiger partial charge in [-0.15, -0.1) is 0 Å². The van der Waals surface area contributed by atoms with Crippen molar-refractivity contribution in [2.75, 3.05) is 6.54 Å². The van der Waals surface area contributed by atoms with Crippen LogP contribution in [0.4, 0.5) is 0 Å². The third-order valence-corrected chi connectivity index (χ3v) is 1.71. The van der Waals surface area contributed by atoms with Gasteiger partial charge in [0.2, 0.25) is 0 Å². The standard InChI is InChI=1S/C7H18N2O2/c1-2-3-5(10)7(9)6(11)4-8/h5-7,10-11H,2-4,8-9H2,1H3. The zero-order chi connectivity index (χ0) is 8.85. The summed E-state index contributed by atoms with van der Waals surface area (Å²) in [6.45, 7) is 2.05. The molecular formula is C7H18N2O2. The van der Waals surface area contributed by atoms with E-state index in [0.29, 0.717) is 6.42 Å². The van der Waals surface area contributed by atoms with Crippen LogP contribution in [-0.4, -0.2) is 35.0 Å². The number of hydrogen-bond acceptors (Lipinski definition) is 4. The van der Waals surface area contributed by atoms with Gasteiger partial charge in [0.25, 0.3) is 0 Å². The van der Waals surface area contributed by atoms with Crippen LogP contribution in [0.1, 0.15) is 19.8 Å². The molecule has 0 aliphatic carbocycles. The Hall–Kier alpha value is -0.160. The summed E-state index contributed by atoms with van der Waals surface area (Å²) in [5, 5.41) is 18.4. The molecule has 0 bridgehead atoms. The Kier molecular flexibility index (Phi) is 5.41. The molecule has 11 heavy (non-hydrogen) atoms. The van der Waals surface area contributed by atoms with E-state index in [9.17, 15) is 5.11 Å². The lowest BCUT2D eigenvalue weighted by Crippen LogP contribution is -2.47. The Morgan fingerprint density at radius 1 is 1.27 bits per heavy atom. The molecule has 0 aromatic carbocycles. The second-order valence-electron chi connectivity index (χ2n) is 2.74. The van der Waals surface area contributed by atoms with Gasteiger partial charge in [0, 0.05) is 6.54 Å². The topological polar surface area (TPSA) is 92.5 Å². The van der Waals surface area contributed by atoms with E-state index >= 15 is 0 Å². The fraction of sp³-hybridized carbons (Fsp3) is 1.00. The average molecular weight is 162 g/mol. The van der Waals surface area contributed by atoms with Crippen LogP contribution in [0, 0.1) is 0 Å². The molecule has 0 fully saturated rings. The van der Waals surface area contributed by atoms with E-state index in [2.05, 4.69) is 0 Å². The molecule has 0 amide bonds. The van der Waals surface area contributed by atoms with Crippen LogP contribution in [0.2, 0.25) is 0 Å². The molecule has 4 heteroatoms. The zero-order valence-electron chi connectivity index (χ0n) is 6.90. The zero-order valence-corrected chi connectivity index (χ0v) is 6.90. The Morgan fingerprint density at radius 2 is 1.82 bits per heavy atom. The van der Waals surface area contributed by atoms with Crippen molar-refractivity contribution in [1.29, 1.82) is 0 Å². The SMILES string of the molecule is CCCC(O)C(N)C(O)CN. The number of aliphatic hydroxyl groups excluding tert-OH is 2. The van der Waals surface area contributed by atoms with E-state index in [1.54, 1.807) is 0 Å². The maximum Gasteiger partial charge on any atom is 0.0838 e. The molecule has 0 heterocycles. The van der Waals surface area contributed by atoms with Gasteiger partial charge in [-0.2, -0.15) is 0 Å². The fourth-order valence-corrected chi connectivity index (χ4v) is 0.902. The highest BCUT2D eigenvalue weighted by Gasteiger charge is 2.20. The minimum atomic E-state index is -0.795. The lowest BCUT2D eigenvalue weighted by Gasteiger charge is -2.22. The summed E-state index contributed by atoms with van der Waals surface area (Å²) in [5.41, 5.74) is 10.6. The van der Waals surface area contributed by atoms with E-state index in [1.807, 2.05) is 6.92 Å². The average Bonchev–Trinajstić information content (AvgIpc) is 2.02. The van der Waals surface area contributed by atoms with Gasteiger partial charge >= 0.3 is 0 Å². The molecular weight excluding hydrogens is 144 g/mol. The summed E-state index contributed by atoms with van der Waals surface area (Å²) in [7, 11) is 0. The van der Waals surface area contributed by atoms with Gasteiger partial charge in [0.1, 0.15) is 0 Å². The van der Waals surface area contributed by atoms with Crippen LogP contribution in [0.15, 0.2) is 0 Å². The van der Waals surface area contributed by atoms with Gasteiger partial charge in [-0.3, -0.25) is 0 Å². The van der Waals surface area contributed by atoms with Crippen molar-refractivity contribution in [3.8, 4) is 0 Å². The van der Waals surface area contributed by atoms with Crippen molar-refractivity contribution < 1.29 is 10.2 Å². The molecule has 3 unspecified atom stereocenters. The third kappa shape index (κ3) is 3.67. The molecule has 0 saturated heterocycles. The van der Waals surface area contributed by atoms with Crippen molar-refractivity contribution in [3.63, 3.8) is 0 Å². The summed E-state index contributed by atoms with van der Waals surface area (Å²) in [5.74, 6) is 0. The van der Waals surface area contributed by atoms with E-state index < -0.39 is 18.2 Å². The van der Waals surface area contributed by atoms with Crippen molar-refractivity contribution in [3.05, 3.63) is 0 Å². The Labute approximate surface area is 67.2 Å². The molecule has 0 rings (SSSR count). The highest BCUT2D eigenvalue weighted by Crippen LogP contribution is 2.02. The number of rotatable bonds is 5. The van der Waals surface area contributed by atoms with Gasteiger partial charge in [-0.25, -0.2) is 0 Å². The van der Waals surface area contributed by atoms with Crippen LogP contribution < -0.4 is 11.5 Å². The molecule has 0 spiro atoms. The first-order chi connectivity index (χ1) is 5.13. The first-order valence-corrected chi connectivity index (χ1v) is 3.95. The third-order valence-electron chi connectivity index (χ3n) is 1.71. The Balaban J connectivity index is 3.70. The van der Waals surface area contributed by atoms with E-state index in [4.69, 9.17) is 16.6 Å². The highest BCUT2D eigenvalue weighted by atomic mass is 16.3. The predicted octanol–water partition coefficient (Wildman–Crippen LogP) is -1.21. The van der Waals surface area contributed by atoms with Gasteiger partial charge in [-0.05, 0) is 6.42 Å². The summed E-state index contributed by atoms with van der Waals surface area (Å²) in [4.78, 5) is 0. The van der Waals surface area contributed by atoms with Crippen molar-refractivity contribution in [1.82, 2.24) is 0 Å². The summed E-state index contributed by atoms with van der Waals surface area (Å²) < 4.78 is 0. The van der Waals surface area contributed by atoms with E-state index in [-0.39, 0.29) is 6.54 Å². The Morgan fingerprint density at radius 3 is 2.18 bits per heavy atom. The van der Waals surface area contributed by atoms with E-state index in [1.165, 1.54) is 0 Å². The lowest BCUT2D eigenvalue weighted by molar-refractivity contribution is 0.0551. The molecule has 0 aromatic rings. The van der Waals surface area contributed by atoms with Crippen LogP contribution in [0.25, 0.3) is 0 Å². The maximum absolute atomic E-state index is 9.28. The quantitative estimate of drug-likeness (QED) is 0.408. The molecule has 0 radical (unpaired) electrons. The smallest absolute Gasteiger partial charge is 0.0838 e.